The van der Waals surface area contributed by atoms with Crippen molar-refractivity contribution in [3.05, 3.63) is 35.4 Å². The van der Waals surface area contributed by atoms with Gasteiger partial charge in [-0.2, -0.15) is 13.2 Å². The van der Waals surface area contributed by atoms with Gasteiger partial charge >= 0.3 is 12.1 Å². The van der Waals surface area contributed by atoms with Crippen LogP contribution < -0.4 is 0 Å². The molecule has 0 unspecified atom stereocenters. The number of benzene rings is 1. The van der Waals surface area contributed by atoms with E-state index in [1.807, 2.05) is 4.90 Å². The molecule has 5 nitrogen and oxygen atoms in total. The minimum Gasteiger partial charge on any atom is -0.481 e. The van der Waals surface area contributed by atoms with E-state index in [1.54, 1.807) is 18.0 Å². The number of likely N-dealkylation sites (tertiary alicyclic amines) is 2. The van der Waals surface area contributed by atoms with E-state index in [2.05, 4.69) is 0 Å². The third kappa shape index (κ3) is 3.30. The monoisotopic (exact) mass is 370 g/mol. The molecule has 1 aromatic carbocycles. The Morgan fingerprint density at radius 3 is 2.54 bits per heavy atom. The molecule has 1 spiro atoms. The number of aliphatic carboxylic acids is 1. The van der Waals surface area contributed by atoms with Gasteiger partial charge in [0.1, 0.15) is 0 Å². The Morgan fingerprint density at radius 1 is 1.31 bits per heavy atom. The first-order chi connectivity index (χ1) is 12.1. The summed E-state index contributed by atoms with van der Waals surface area (Å²) >= 11 is 0. The Bertz CT molecular complexity index is 712. The molecule has 0 bridgehead atoms. The summed E-state index contributed by atoms with van der Waals surface area (Å²) in [4.78, 5) is 27.2. The molecule has 0 saturated carbocycles. The molecule has 3 rings (SSSR count). The molecule has 8 heteroatoms. The quantitative estimate of drug-likeness (QED) is 0.889. The Labute approximate surface area is 149 Å². The maximum Gasteiger partial charge on any atom is 0.416 e. The lowest BCUT2D eigenvalue weighted by molar-refractivity contribution is -0.146. The predicted octanol–water partition coefficient (Wildman–Crippen LogP) is 2.60. The van der Waals surface area contributed by atoms with E-state index in [4.69, 9.17) is 0 Å². The number of rotatable bonds is 3. The molecule has 2 saturated heterocycles. The van der Waals surface area contributed by atoms with Crippen LogP contribution in [0.25, 0.3) is 0 Å². The summed E-state index contributed by atoms with van der Waals surface area (Å²) < 4.78 is 38.5. The van der Waals surface area contributed by atoms with Crippen LogP contribution in [0.2, 0.25) is 0 Å². The van der Waals surface area contributed by atoms with Gasteiger partial charge in [0.15, 0.2) is 0 Å². The lowest BCUT2D eigenvalue weighted by Gasteiger charge is -2.45. The highest BCUT2D eigenvalue weighted by Crippen LogP contribution is 2.43. The lowest BCUT2D eigenvalue weighted by atomic mass is 9.77. The van der Waals surface area contributed by atoms with Crippen molar-refractivity contribution in [1.82, 2.24) is 9.80 Å². The van der Waals surface area contributed by atoms with Gasteiger partial charge < -0.3 is 10.0 Å². The van der Waals surface area contributed by atoms with Crippen LogP contribution in [0.5, 0.6) is 0 Å². The zero-order valence-corrected chi connectivity index (χ0v) is 14.4. The van der Waals surface area contributed by atoms with Crippen molar-refractivity contribution in [2.75, 3.05) is 20.1 Å². The Hall–Kier alpha value is -2.09. The molecule has 1 atom stereocenters. The first-order valence-corrected chi connectivity index (χ1v) is 8.51. The number of carboxylic acid groups (broad SMARTS) is 1. The minimum absolute atomic E-state index is 0.0134. The van der Waals surface area contributed by atoms with Crippen molar-refractivity contribution in [3.63, 3.8) is 0 Å². The summed E-state index contributed by atoms with van der Waals surface area (Å²) in [5, 5.41) is 9.48. The number of hydrogen-bond donors (Lipinski definition) is 1. The second-order valence-corrected chi connectivity index (χ2v) is 7.13. The fourth-order valence-corrected chi connectivity index (χ4v) is 4.19. The zero-order chi connectivity index (χ0) is 19.1. The van der Waals surface area contributed by atoms with Gasteiger partial charge in [-0.05, 0) is 24.5 Å². The standard InChI is InChI=1S/C18H21F3N2O3/c1-22-15(24)10-14(16(25)26)17(22)5-7-23(8-6-17)11-12-3-2-4-13(9-12)18(19,20)21/h2-4,9,14H,5-8,10-11H2,1H3,(H,25,26)/t14-/m1/s1. The van der Waals surface area contributed by atoms with Crippen molar-refractivity contribution < 1.29 is 27.9 Å². The molecule has 1 aromatic rings. The average Bonchev–Trinajstić information content (AvgIpc) is 2.82. The number of carboxylic acids is 1. The van der Waals surface area contributed by atoms with Crippen LogP contribution in [0, 0.1) is 5.92 Å². The van der Waals surface area contributed by atoms with E-state index in [0.717, 1.165) is 12.1 Å². The minimum atomic E-state index is -4.37. The molecule has 0 aliphatic carbocycles. The van der Waals surface area contributed by atoms with Crippen LogP contribution >= 0.6 is 0 Å². The van der Waals surface area contributed by atoms with E-state index in [0.29, 0.717) is 38.0 Å². The van der Waals surface area contributed by atoms with Crippen LogP contribution in [0.4, 0.5) is 13.2 Å². The summed E-state index contributed by atoms with van der Waals surface area (Å²) in [6, 6.07) is 5.25. The molecule has 0 radical (unpaired) electrons. The van der Waals surface area contributed by atoms with Crippen molar-refractivity contribution in [1.29, 1.82) is 0 Å². The average molecular weight is 370 g/mol. The van der Waals surface area contributed by atoms with E-state index in [1.165, 1.54) is 6.07 Å². The zero-order valence-electron chi connectivity index (χ0n) is 14.4. The molecule has 1 N–H and O–H groups in total. The Morgan fingerprint density at radius 2 is 1.96 bits per heavy atom. The summed E-state index contributed by atoms with van der Waals surface area (Å²) in [6.45, 7) is 1.45. The summed E-state index contributed by atoms with van der Waals surface area (Å²) in [5.74, 6) is -1.85. The third-order valence-electron chi connectivity index (χ3n) is 5.75. The molecule has 2 aliphatic heterocycles. The first-order valence-electron chi connectivity index (χ1n) is 8.51. The number of nitrogens with zero attached hydrogens (tertiary/aromatic N) is 2. The molecule has 26 heavy (non-hydrogen) atoms. The molecular formula is C18H21F3N2O3. The molecule has 2 fully saturated rings. The molecular weight excluding hydrogens is 349 g/mol. The third-order valence-corrected chi connectivity index (χ3v) is 5.75. The van der Waals surface area contributed by atoms with E-state index in [-0.39, 0.29) is 12.3 Å². The molecule has 1 amide bonds. The van der Waals surface area contributed by atoms with E-state index >= 15 is 0 Å². The normalized spacial score (nSPS) is 23.6. The molecule has 142 valence electrons. The Balaban J connectivity index is 1.69. The van der Waals surface area contributed by atoms with Crippen molar-refractivity contribution >= 4 is 11.9 Å². The van der Waals surface area contributed by atoms with Crippen LogP contribution in [0.3, 0.4) is 0 Å². The second-order valence-electron chi connectivity index (χ2n) is 7.13. The lowest BCUT2D eigenvalue weighted by Crippen LogP contribution is -2.55. The number of piperidine rings is 1. The highest BCUT2D eigenvalue weighted by atomic mass is 19.4. The van der Waals surface area contributed by atoms with Crippen molar-refractivity contribution in [2.45, 2.75) is 37.5 Å². The van der Waals surface area contributed by atoms with Crippen molar-refractivity contribution in [3.8, 4) is 0 Å². The van der Waals surface area contributed by atoms with Crippen LogP contribution in [0.15, 0.2) is 24.3 Å². The van der Waals surface area contributed by atoms with Gasteiger partial charge in [0.05, 0.1) is 17.0 Å². The number of halogens is 3. The number of carbonyl (C=O) groups excluding carboxylic acids is 1. The maximum atomic E-state index is 12.8. The highest BCUT2D eigenvalue weighted by Gasteiger charge is 2.55. The number of amides is 1. The van der Waals surface area contributed by atoms with Gasteiger partial charge in [0.2, 0.25) is 5.91 Å². The van der Waals surface area contributed by atoms with Crippen LogP contribution in [-0.2, 0) is 22.3 Å². The van der Waals surface area contributed by atoms with E-state index < -0.39 is 29.2 Å². The fourth-order valence-electron chi connectivity index (χ4n) is 4.19. The Kier molecular flexibility index (Phi) is 4.72. The number of alkyl halides is 3. The summed E-state index contributed by atoms with van der Waals surface area (Å²) in [5.41, 5.74) is -0.787. The SMILES string of the molecule is CN1C(=O)C[C@H](C(=O)O)C12CCN(Cc1cccc(C(F)(F)F)c1)CC2. The van der Waals surface area contributed by atoms with Crippen molar-refractivity contribution in [2.24, 2.45) is 5.92 Å². The predicted molar refractivity (Wildman–Crippen MR) is 87.2 cm³/mol. The molecule has 2 heterocycles. The topological polar surface area (TPSA) is 60.9 Å². The van der Waals surface area contributed by atoms with Crippen LogP contribution in [-0.4, -0.2) is 52.5 Å². The summed E-state index contributed by atoms with van der Waals surface area (Å²) in [7, 11) is 1.65. The smallest absolute Gasteiger partial charge is 0.416 e. The summed E-state index contributed by atoms with van der Waals surface area (Å²) in [6.07, 6.45) is -3.35. The molecule has 0 aromatic heterocycles. The largest absolute Gasteiger partial charge is 0.481 e. The first kappa shape index (κ1) is 18.7. The van der Waals surface area contributed by atoms with Gasteiger partial charge in [0.25, 0.3) is 0 Å². The number of carbonyl (C=O) groups is 2. The van der Waals surface area contributed by atoms with Gasteiger partial charge in [-0.25, -0.2) is 0 Å². The van der Waals surface area contributed by atoms with E-state index in [9.17, 15) is 27.9 Å². The van der Waals surface area contributed by atoms with Gasteiger partial charge in [0, 0.05) is 33.1 Å². The maximum absolute atomic E-state index is 12.8. The number of hydrogen-bond acceptors (Lipinski definition) is 3. The second kappa shape index (κ2) is 6.57. The molecule has 2 aliphatic rings. The van der Waals surface area contributed by atoms with Gasteiger partial charge in [-0.15, -0.1) is 0 Å². The van der Waals surface area contributed by atoms with Gasteiger partial charge in [-0.1, -0.05) is 18.2 Å². The van der Waals surface area contributed by atoms with Gasteiger partial charge in [-0.3, -0.25) is 14.5 Å². The fraction of sp³-hybridized carbons (Fsp3) is 0.556. The van der Waals surface area contributed by atoms with Crippen LogP contribution in [0.1, 0.15) is 30.4 Å². The highest BCUT2D eigenvalue weighted by molar-refractivity contribution is 5.88.